The first-order valence-electron chi connectivity index (χ1n) is 8.06. The zero-order valence-corrected chi connectivity index (χ0v) is 13.0. The van der Waals surface area contributed by atoms with E-state index < -0.39 is 11.6 Å². The van der Waals surface area contributed by atoms with Gasteiger partial charge in [-0.05, 0) is 30.9 Å². The van der Waals surface area contributed by atoms with E-state index in [-0.39, 0.29) is 5.41 Å². The highest BCUT2D eigenvalue weighted by Crippen LogP contribution is 2.41. The molecule has 120 valence electrons. The minimum atomic E-state index is -0.515. The van der Waals surface area contributed by atoms with Gasteiger partial charge in [-0.3, -0.25) is 4.99 Å². The van der Waals surface area contributed by atoms with Crippen LogP contribution in [0.1, 0.15) is 37.7 Å². The highest BCUT2D eigenvalue weighted by atomic mass is 19.1. The number of aliphatic imine (C=N–C) groups is 1. The van der Waals surface area contributed by atoms with E-state index in [1.165, 1.54) is 6.07 Å². The molecule has 3 nitrogen and oxygen atoms in total. The SMILES string of the molecule is CN1CCCN=C1NCC1(c2ccc(F)cc2F)CCCC1. The lowest BCUT2D eigenvalue weighted by Crippen LogP contribution is -2.47. The Morgan fingerprint density at radius 3 is 2.68 bits per heavy atom. The van der Waals surface area contributed by atoms with Crippen LogP contribution in [0.3, 0.4) is 0 Å². The summed E-state index contributed by atoms with van der Waals surface area (Å²) >= 11 is 0. The van der Waals surface area contributed by atoms with Gasteiger partial charge in [0.1, 0.15) is 11.6 Å². The first kappa shape index (κ1) is 15.3. The Morgan fingerprint density at radius 2 is 2.00 bits per heavy atom. The summed E-state index contributed by atoms with van der Waals surface area (Å²) in [7, 11) is 2.02. The van der Waals surface area contributed by atoms with Crippen molar-refractivity contribution in [1.29, 1.82) is 0 Å². The molecule has 1 aliphatic carbocycles. The highest BCUT2D eigenvalue weighted by molar-refractivity contribution is 5.80. The molecule has 1 fully saturated rings. The number of hydrogen-bond donors (Lipinski definition) is 1. The molecule has 0 bridgehead atoms. The maximum atomic E-state index is 14.3. The Hall–Kier alpha value is -1.65. The van der Waals surface area contributed by atoms with E-state index in [0.29, 0.717) is 12.1 Å². The predicted molar refractivity (Wildman–Crippen MR) is 84.1 cm³/mol. The van der Waals surface area contributed by atoms with Gasteiger partial charge in [-0.25, -0.2) is 8.78 Å². The van der Waals surface area contributed by atoms with Crippen LogP contribution in [0.2, 0.25) is 0 Å². The maximum absolute atomic E-state index is 14.3. The van der Waals surface area contributed by atoms with E-state index in [4.69, 9.17) is 0 Å². The summed E-state index contributed by atoms with van der Waals surface area (Å²) in [6, 6.07) is 3.98. The van der Waals surface area contributed by atoms with Crippen LogP contribution < -0.4 is 5.32 Å². The van der Waals surface area contributed by atoms with Gasteiger partial charge in [0, 0.05) is 38.2 Å². The first-order chi connectivity index (χ1) is 10.6. The van der Waals surface area contributed by atoms with Crippen LogP contribution in [0.25, 0.3) is 0 Å². The molecule has 1 saturated carbocycles. The van der Waals surface area contributed by atoms with Gasteiger partial charge in [0.05, 0.1) is 0 Å². The standard InChI is InChI=1S/C17H23F2N3/c1-22-10-4-9-20-16(22)21-12-17(7-2-3-8-17)14-6-5-13(18)11-15(14)19/h5-6,11H,2-4,7-10,12H2,1H3,(H,20,21). The third-order valence-electron chi connectivity index (χ3n) is 4.92. The second kappa shape index (κ2) is 6.23. The summed E-state index contributed by atoms with van der Waals surface area (Å²) < 4.78 is 27.5. The number of nitrogens with zero attached hydrogens (tertiary/aromatic N) is 2. The van der Waals surface area contributed by atoms with Crippen molar-refractivity contribution in [1.82, 2.24) is 10.2 Å². The maximum Gasteiger partial charge on any atom is 0.193 e. The summed E-state index contributed by atoms with van der Waals surface area (Å²) in [6.45, 7) is 2.48. The summed E-state index contributed by atoms with van der Waals surface area (Å²) in [4.78, 5) is 6.61. The normalized spacial score (nSPS) is 20.9. The van der Waals surface area contributed by atoms with Gasteiger partial charge in [0.25, 0.3) is 0 Å². The molecule has 0 amide bonds. The zero-order valence-electron chi connectivity index (χ0n) is 13.0. The summed E-state index contributed by atoms with van der Waals surface area (Å²) in [5.41, 5.74) is 0.386. The Bertz CT molecular complexity index is 565. The minimum absolute atomic E-state index is 0.251. The third kappa shape index (κ3) is 2.94. The molecule has 2 aliphatic rings. The van der Waals surface area contributed by atoms with Crippen molar-refractivity contribution in [3.63, 3.8) is 0 Å². The summed E-state index contributed by atoms with van der Waals surface area (Å²) in [5, 5.41) is 3.41. The van der Waals surface area contributed by atoms with Gasteiger partial charge in [-0.2, -0.15) is 0 Å². The van der Waals surface area contributed by atoms with Crippen molar-refractivity contribution >= 4 is 5.96 Å². The van der Waals surface area contributed by atoms with Gasteiger partial charge in [-0.1, -0.05) is 18.9 Å². The molecule has 0 saturated heterocycles. The van der Waals surface area contributed by atoms with Crippen LogP contribution >= 0.6 is 0 Å². The van der Waals surface area contributed by atoms with Crippen molar-refractivity contribution in [2.24, 2.45) is 4.99 Å². The van der Waals surface area contributed by atoms with Crippen LogP contribution in [0.15, 0.2) is 23.2 Å². The number of benzene rings is 1. The summed E-state index contributed by atoms with van der Waals surface area (Å²) in [6.07, 6.45) is 5.10. The molecular formula is C17H23F2N3. The number of rotatable bonds is 3. The lowest BCUT2D eigenvalue weighted by atomic mass is 9.78. The lowest BCUT2D eigenvalue weighted by molar-refractivity contribution is 0.387. The fourth-order valence-electron chi connectivity index (χ4n) is 3.67. The van der Waals surface area contributed by atoms with E-state index in [9.17, 15) is 8.78 Å². The topological polar surface area (TPSA) is 27.6 Å². The number of halogens is 2. The Kier molecular flexibility index (Phi) is 4.32. The molecule has 0 unspecified atom stereocenters. The van der Waals surface area contributed by atoms with Crippen molar-refractivity contribution in [3.05, 3.63) is 35.4 Å². The molecule has 1 aromatic carbocycles. The molecule has 1 aliphatic heterocycles. The van der Waals surface area contributed by atoms with Crippen LogP contribution in [0.5, 0.6) is 0 Å². The van der Waals surface area contributed by atoms with Crippen LogP contribution in [-0.2, 0) is 5.41 Å². The van der Waals surface area contributed by atoms with E-state index in [1.54, 1.807) is 6.07 Å². The van der Waals surface area contributed by atoms with E-state index in [2.05, 4.69) is 15.2 Å². The minimum Gasteiger partial charge on any atom is -0.355 e. The number of nitrogens with one attached hydrogen (secondary N) is 1. The smallest absolute Gasteiger partial charge is 0.193 e. The van der Waals surface area contributed by atoms with E-state index in [1.807, 2.05) is 7.05 Å². The molecule has 0 atom stereocenters. The van der Waals surface area contributed by atoms with Gasteiger partial charge in [-0.15, -0.1) is 0 Å². The lowest BCUT2D eigenvalue weighted by Gasteiger charge is -2.33. The highest BCUT2D eigenvalue weighted by Gasteiger charge is 2.38. The molecule has 0 radical (unpaired) electrons. The van der Waals surface area contributed by atoms with Crippen LogP contribution in [-0.4, -0.2) is 37.5 Å². The Balaban J connectivity index is 1.81. The van der Waals surface area contributed by atoms with Crippen molar-refractivity contribution in [2.45, 2.75) is 37.5 Å². The fraction of sp³-hybridized carbons (Fsp3) is 0.588. The Labute approximate surface area is 130 Å². The average Bonchev–Trinajstić information content (AvgIpc) is 2.96. The number of hydrogen-bond acceptors (Lipinski definition) is 3. The van der Waals surface area contributed by atoms with Gasteiger partial charge in [0.15, 0.2) is 5.96 Å². The molecule has 0 spiro atoms. The monoisotopic (exact) mass is 307 g/mol. The van der Waals surface area contributed by atoms with Crippen molar-refractivity contribution in [3.8, 4) is 0 Å². The molecular weight excluding hydrogens is 284 g/mol. The average molecular weight is 307 g/mol. The molecule has 1 N–H and O–H groups in total. The fourth-order valence-corrected chi connectivity index (χ4v) is 3.67. The molecule has 22 heavy (non-hydrogen) atoms. The third-order valence-corrected chi connectivity index (χ3v) is 4.92. The quantitative estimate of drug-likeness (QED) is 0.929. The number of guanidine groups is 1. The second-order valence-electron chi connectivity index (χ2n) is 6.45. The van der Waals surface area contributed by atoms with Gasteiger partial charge >= 0.3 is 0 Å². The molecule has 1 heterocycles. The predicted octanol–water partition coefficient (Wildman–Crippen LogP) is 3.06. The molecule has 1 aromatic rings. The van der Waals surface area contributed by atoms with Crippen molar-refractivity contribution in [2.75, 3.05) is 26.7 Å². The molecule has 3 rings (SSSR count). The van der Waals surface area contributed by atoms with E-state index in [0.717, 1.165) is 57.2 Å². The first-order valence-corrected chi connectivity index (χ1v) is 8.06. The van der Waals surface area contributed by atoms with Crippen LogP contribution in [0.4, 0.5) is 8.78 Å². The van der Waals surface area contributed by atoms with E-state index >= 15 is 0 Å². The molecule has 5 heteroatoms. The largest absolute Gasteiger partial charge is 0.355 e. The molecule has 0 aromatic heterocycles. The summed E-state index contributed by atoms with van der Waals surface area (Å²) in [5.74, 6) is -0.0542. The van der Waals surface area contributed by atoms with Gasteiger partial charge < -0.3 is 10.2 Å². The van der Waals surface area contributed by atoms with Crippen molar-refractivity contribution < 1.29 is 8.78 Å². The Morgan fingerprint density at radius 1 is 1.23 bits per heavy atom. The van der Waals surface area contributed by atoms with Crippen LogP contribution in [0, 0.1) is 11.6 Å². The van der Waals surface area contributed by atoms with Gasteiger partial charge in [0.2, 0.25) is 0 Å². The zero-order chi connectivity index (χ0) is 15.6. The second-order valence-corrected chi connectivity index (χ2v) is 6.45.